The topological polar surface area (TPSA) is 0 Å². The Hall–Kier alpha value is -0.980. The summed E-state index contributed by atoms with van der Waals surface area (Å²) in [6.45, 7) is 9.59. The van der Waals surface area contributed by atoms with Crippen LogP contribution in [-0.4, -0.2) is 9.52 Å². The molecule has 0 spiro atoms. The molecule has 2 unspecified atom stereocenters. The molecular weight excluding hydrogens is 504 g/mol. The van der Waals surface area contributed by atoms with Gasteiger partial charge in [0.25, 0.3) is 0 Å². The number of fused-ring (bicyclic) bond motifs is 2. The van der Waals surface area contributed by atoms with E-state index in [0.717, 1.165) is 0 Å². The van der Waals surface area contributed by atoms with Crippen molar-refractivity contribution >= 4 is 21.7 Å². The van der Waals surface area contributed by atoms with E-state index in [-0.39, 0.29) is 0 Å². The predicted octanol–water partition coefficient (Wildman–Crippen LogP) is 9.43. The first-order valence-electron chi connectivity index (χ1n) is 13.9. The van der Waals surface area contributed by atoms with Gasteiger partial charge < -0.3 is 0 Å². The van der Waals surface area contributed by atoms with E-state index in [4.69, 9.17) is 0 Å². The number of hydrogen-bond acceptors (Lipinski definition) is 0. The molecule has 180 valence electrons. The predicted molar refractivity (Wildman–Crippen MR) is 150 cm³/mol. The summed E-state index contributed by atoms with van der Waals surface area (Å²) in [6, 6.07) is 21.7. The number of rotatable bonds is 8. The van der Waals surface area contributed by atoms with Crippen LogP contribution in [0.15, 0.2) is 59.7 Å². The Morgan fingerprint density at radius 1 is 0.794 bits per heavy atom. The van der Waals surface area contributed by atoms with Gasteiger partial charge in [0.1, 0.15) is 0 Å². The normalized spacial score (nSPS) is 22.1. The third-order valence-corrected chi connectivity index (χ3v) is 15.4. The summed E-state index contributed by atoms with van der Waals surface area (Å²) in [5.74, 6) is 1.20. The minimum atomic E-state index is -0.644. The van der Waals surface area contributed by atoms with E-state index in [1.807, 2.05) is 0 Å². The first-order valence-corrected chi connectivity index (χ1v) is 18.9. The third kappa shape index (κ3) is 5.39. The number of hydrogen-bond donors (Lipinski definition) is 0. The van der Waals surface area contributed by atoms with Gasteiger partial charge in [0.15, 0.2) is 0 Å². The SMILES string of the molecule is C1CC[SiH2]C1.CCC[CH2][Zr][C](CCC)(C1C(C)=Cc2ccccc21)C1C(C)=Cc2ccccc21. The van der Waals surface area contributed by atoms with Crippen LogP contribution in [0.25, 0.3) is 12.2 Å². The van der Waals surface area contributed by atoms with Crippen molar-refractivity contribution in [1.82, 2.24) is 0 Å². The van der Waals surface area contributed by atoms with Gasteiger partial charge in [-0.2, -0.15) is 0 Å². The van der Waals surface area contributed by atoms with Gasteiger partial charge in [-0.3, -0.25) is 0 Å². The fraction of sp³-hybridized carbons (Fsp3) is 0.500. The second kappa shape index (κ2) is 12.3. The molecule has 0 saturated carbocycles. The molecular formula is C32H44SiZr. The Balaban J connectivity index is 0.000000486. The Kier molecular flexibility index (Phi) is 9.45. The second-order valence-electron chi connectivity index (χ2n) is 10.7. The molecule has 34 heavy (non-hydrogen) atoms. The summed E-state index contributed by atoms with van der Waals surface area (Å²) in [6.07, 6.45) is 13.5. The van der Waals surface area contributed by atoms with Crippen LogP contribution in [0, 0.1) is 0 Å². The standard InChI is InChI=1S/C24H25.C4H10Si.C4H9.Zr/c1-4-9-22(23-16(2)14-18-10-5-7-12-20(18)23)24-17(3)15-19-11-6-8-13-21(19)24;1-2-4-5-3-1;1-3-4-2;/h5-8,10-15,23-24H,4,9H2,1-3H3;1-5H2;1,3-4H2,2H3;. The van der Waals surface area contributed by atoms with E-state index >= 15 is 0 Å². The molecule has 1 fully saturated rings. The molecule has 0 amide bonds. The van der Waals surface area contributed by atoms with Gasteiger partial charge in [-0.1, -0.05) is 24.9 Å². The van der Waals surface area contributed by atoms with Crippen LogP contribution in [0.1, 0.15) is 100 Å². The molecule has 1 heterocycles. The Bertz CT molecular complexity index is 938. The van der Waals surface area contributed by atoms with Crippen molar-refractivity contribution in [1.29, 1.82) is 0 Å². The van der Waals surface area contributed by atoms with Crippen molar-refractivity contribution < 1.29 is 23.2 Å². The Morgan fingerprint density at radius 2 is 1.32 bits per heavy atom. The Morgan fingerprint density at radius 3 is 1.76 bits per heavy atom. The summed E-state index contributed by atoms with van der Waals surface area (Å²) in [5, 5.41) is 0. The van der Waals surface area contributed by atoms with Crippen LogP contribution in [0.4, 0.5) is 0 Å². The van der Waals surface area contributed by atoms with E-state index in [1.54, 1.807) is 47.2 Å². The maximum absolute atomic E-state index is 2.49. The number of benzene rings is 2. The van der Waals surface area contributed by atoms with Crippen molar-refractivity contribution in [2.45, 2.75) is 97.4 Å². The van der Waals surface area contributed by atoms with Gasteiger partial charge >= 0.3 is 190 Å². The van der Waals surface area contributed by atoms with Crippen LogP contribution >= 0.6 is 0 Å². The van der Waals surface area contributed by atoms with Crippen LogP contribution in [0.3, 0.4) is 0 Å². The van der Waals surface area contributed by atoms with E-state index in [1.165, 1.54) is 40.9 Å². The summed E-state index contributed by atoms with van der Waals surface area (Å²) in [4.78, 5) is 0. The van der Waals surface area contributed by atoms with Crippen LogP contribution in [-0.2, 0) is 23.2 Å². The molecule has 3 aliphatic rings. The van der Waals surface area contributed by atoms with Crippen molar-refractivity contribution in [3.05, 3.63) is 81.9 Å². The first-order chi connectivity index (χ1) is 16.6. The molecule has 2 aliphatic carbocycles. The van der Waals surface area contributed by atoms with E-state index in [0.29, 0.717) is 24.5 Å². The number of allylic oxidation sites excluding steroid dienone is 2. The maximum atomic E-state index is 2.49. The average molecular weight is 548 g/mol. The molecule has 2 aromatic carbocycles. The molecule has 2 heteroatoms. The molecule has 0 N–H and O–H groups in total. The van der Waals surface area contributed by atoms with Crippen LogP contribution in [0.5, 0.6) is 0 Å². The molecule has 2 aromatic rings. The van der Waals surface area contributed by atoms with Gasteiger partial charge in [-0.25, -0.2) is 0 Å². The zero-order valence-corrected chi connectivity index (χ0v) is 25.9. The Labute approximate surface area is 223 Å². The summed E-state index contributed by atoms with van der Waals surface area (Å²) in [7, 11) is 0.543. The molecule has 0 radical (unpaired) electrons. The zero-order chi connectivity index (χ0) is 24.0. The van der Waals surface area contributed by atoms with E-state index in [2.05, 4.69) is 88.4 Å². The quantitative estimate of drug-likeness (QED) is 0.228. The summed E-state index contributed by atoms with van der Waals surface area (Å²) < 4.78 is 1.92. The fourth-order valence-electron chi connectivity index (χ4n) is 6.87. The molecule has 0 nitrogen and oxygen atoms in total. The van der Waals surface area contributed by atoms with Crippen molar-refractivity contribution in [3.8, 4) is 0 Å². The summed E-state index contributed by atoms with van der Waals surface area (Å²) >= 11 is -0.644. The van der Waals surface area contributed by atoms with Gasteiger partial charge in [-0.05, 0) is 0 Å². The minimum absolute atomic E-state index is 0.424. The molecule has 5 rings (SSSR count). The van der Waals surface area contributed by atoms with Crippen LogP contribution in [0.2, 0.25) is 19.3 Å². The second-order valence-corrected chi connectivity index (χ2v) is 17.2. The first kappa shape index (κ1) is 26.1. The van der Waals surface area contributed by atoms with Crippen LogP contribution < -0.4 is 0 Å². The van der Waals surface area contributed by atoms with Gasteiger partial charge in [0, 0.05) is 9.52 Å². The molecule has 1 saturated heterocycles. The molecule has 0 aromatic heterocycles. The summed E-state index contributed by atoms with van der Waals surface area (Å²) in [5.41, 5.74) is 9.36. The van der Waals surface area contributed by atoms with E-state index < -0.39 is 23.2 Å². The number of unbranched alkanes of at least 4 members (excludes halogenated alkanes) is 1. The molecule has 0 bridgehead atoms. The zero-order valence-electron chi connectivity index (χ0n) is 22.0. The molecule has 2 atom stereocenters. The van der Waals surface area contributed by atoms with Crippen molar-refractivity contribution in [3.63, 3.8) is 0 Å². The molecule has 1 aliphatic heterocycles. The average Bonchev–Trinajstić information content (AvgIpc) is 3.58. The fourth-order valence-corrected chi connectivity index (χ4v) is 15.0. The van der Waals surface area contributed by atoms with Gasteiger partial charge in [-0.15, -0.1) is 0 Å². The van der Waals surface area contributed by atoms with Crippen molar-refractivity contribution in [2.24, 2.45) is 0 Å². The monoisotopic (exact) mass is 546 g/mol. The van der Waals surface area contributed by atoms with Gasteiger partial charge in [0.2, 0.25) is 0 Å². The van der Waals surface area contributed by atoms with Gasteiger partial charge in [0.05, 0.1) is 0 Å². The third-order valence-electron chi connectivity index (χ3n) is 8.22. The van der Waals surface area contributed by atoms with Crippen molar-refractivity contribution in [2.75, 3.05) is 0 Å². The van der Waals surface area contributed by atoms with E-state index in [9.17, 15) is 0 Å².